The van der Waals surface area contributed by atoms with Crippen LogP contribution in [0.3, 0.4) is 0 Å². The molecule has 0 radical (unpaired) electrons. The molecule has 0 amide bonds. The number of aromatic nitrogens is 2. The highest BCUT2D eigenvalue weighted by molar-refractivity contribution is 5.80. The summed E-state index contributed by atoms with van der Waals surface area (Å²) in [4.78, 5) is 12.3. The van der Waals surface area contributed by atoms with Gasteiger partial charge in [0.25, 0.3) is 0 Å². The van der Waals surface area contributed by atoms with E-state index in [0.717, 1.165) is 5.56 Å². The van der Waals surface area contributed by atoms with Crippen LogP contribution >= 0.6 is 0 Å². The number of ether oxygens (including phenoxy) is 1. The zero-order valence-corrected chi connectivity index (χ0v) is 15.6. The van der Waals surface area contributed by atoms with Crippen molar-refractivity contribution in [2.45, 2.75) is 59.5 Å². The summed E-state index contributed by atoms with van der Waals surface area (Å²) in [6.07, 6.45) is -0.524. The fraction of sp³-hybridized carbons (Fsp3) is 0.474. The largest absolute Gasteiger partial charge is 0.442 e. The summed E-state index contributed by atoms with van der Waals surface area (Å²) >= 11 is 0. The van der Waals surface area contributed by atoms with E-state index < -0.39 is 11.7 Å². The van der Waals surface area contributed by atoms with Crippen molar-refractivity contribution in [3.8, 4) is 11.3 Å². The number of nitrogens with two attached hydrogens (primary N) is 1. The highest BCUT2D eigenvalue weighted by Gasteiger charge is 2.23. The van der Waals surface area contributed by atoms with E-state index >= 15 is 0 Å². The van der Waals surface area contributed by atoms with Crippen molar-refractivity contribution in [2.75, 3.05) is 5.73 Å². The fourth-order valence-corrected chi connectivity index (χ4v) is 2.34. The molecule has 0 aliphatic carbocycles. The second kappa shape index (κ2) is 5.96. The molecule has 0 saturated heterocycles. The maximum absolute atomic E-state index is 12.3. The van der Waals surface area contributed by atoms with Gasteiger partial charge in [0.05, 0.1) is 11.4 Å². The quantitative estimate of drug-likeness (QED) is 0.835. The Hall–Kier alpha value is -2.30. The number of anilines is 1. The number of nitrogens with zero attached hydrogens (tertiary/aromatic N) is 2. The summed E-state index contributed by atoms with van der Waals surface area (Å²) in [6, 6.07) is 8.10. The molecule has 0 atom stereocenters. The van der Waals surface area contributed by atoms with Crippen LogP contribution in [0.2, 0.25) is 0 Å². The summed E-state index contributed by atoms with van der Waals surface area (Å²) in [5.41, 5.74) is 9.44. The Morgan fingerprint density at radius 2 is 1.62 bits per heavy atom. The van der Waals surface area contributed by atoms with Crippen LogP contribution in [-0.4, -0.2) is 21.5 Å². The third kappa shape index (κ3) is 3.78. The van der Waals surface area contributed by atoms with Crippen LogP contribution in [0.5, 0.6) is 0 Å². The summed E-state index contributed by atoms with van der Waals surface area (Å²) in [7, 11) is 0. The molecule has 0 unspecified atom stereocenters. The van der Waals surface area contributed by atoms with Crippen LogP contribution in [0.25, 0.3) is 11.3 Å². The topological polar surface area (TPSA) is 70.1 Å². The smallest absolute Gasteiger partial charge is 0.435 e. The second-order valence-electron chi connectivity index (χ2n) is 8.07. The number of nitrogen functional groups attached to an aromatic ring is 1. The first-order chi connectivity index (χ1) is 10.9. The second-order valence-corrected chi connectivity index (χ2v) is 8.07. The van der Waals surface area contributed by atoms with E-state index in [9.17, 15) is 4.79 Å². The van der Waals surface area contributed by atoms with Crippen LogP contribution < -0.4 is 5.73 Å². The van der Waals surface area contributed by atoms with Gasteiger partial charge in [-0.2, -0.15) is 9.78 Å². The molecule has 5 nitrogen and oxygen atoms in total. The van der Waals surface area contributed by atoms with E-state index in [4.69, 9.17) is 10.5 Å². The minimum Gasteiger partial charge on any atom is -0.442 e. The van der Waals surface area contributed by atoms with Crippen LogP contribution in [0, 0.1) is 6.92 Å². The predicted molar refractivity (Wildman–Crippen MR) is 97.1 cm³/mol. The van der Waals surface area contributed by atoms with Crippen molar-refractivity contribution < 1.29 is 9.53 Å². The Balaban J connectivity index is 2.39. The lowest BCUT2D eigenvalue weighted by Crippen LogP contribution is -2.28. The van der Waals surface area contributed by atoms with Gasteiger partial charge in [-0.1, -0.05) is 45.0 Å². The minimum atomic E-state index is -0.585. The molecule has 1 aromatic carbocycles. The molecule has 0 bridgehead atoms. The molecular weight excluding hydrogens is 302 g/mol. The molecule has 2 aromatic rings. The number of hydrogen-bond donors (Lipinski definition) is 1. The normalized spacial score (nSPS) is 12.3. The molecular formula is C19H27N3O2. The Labute approximate surface area is 143 Å². The molecule has 0 aliphatic heterocycles. The zero-order chi connectivity index (χ0) is 18.3. The van der Waals surface area contributed by atoms with E-state index in [1.54, 1.807) is 6.92 Å². The molecule has 0 saturated carbocycles. The van der Waals surface area contributed by atoms with Gasteiger partial charge >= 0.3 is 6.09 Å². The zero-order valence-electron chi connectivity index (χ0n) is 15.6. The first-order valence-corrected chi connectivity index (χ1v) is 8.09. The van der Waals surface area contributed by atoms with Gasteiger partial charge in [0.15, 0.2) is 0 Å². The molecule has 0 fully saturated rings. The molecule has 130 valence electrons. The molecule has 1 heterocycles. The van der Waals surface area contributed by atoms with Gasteiger partial charge < -0.3 is 10.5 Å². The van der Waals surface area contributed by atoms with Gasteiger partial charge in [-0.05, 0) is 38.7 Å². The van der Waals surface area contributed by atoms with Gasteiger partial charge in [0, 0.05) is 5.56 Å². The highest BCUT2D eigenvalue weighted by atomic mass is 16.6. The fourth-order valence-electron chi connectivity index (χ4n) is 2.34. The number of rotatable bonds is 1. The van der Waals surface area contributed by atoms with E-state index in [1.807, 2.05) is 32.9 Å². The summed E-state index contributed by atoms with van der Waals surface area (Å²) in [5, 5.41) is 4.37. The summed E-state index contributed by atoms with van der Waals surface area (Å²) < 4.78 is 6.61. The van der Waals surface area contributed by atoms with Crippen LogP contribution in [0.15, 0.2) is 24.3 Å². The molecule has 24 heavy (non-hydrogen) atoms. The third-order valence-corrected chi connectivity index (χ3v) is 3.75. The van der Waals surface area contributed by atoms with Crippen molar-refractivity contribution >= 4 is 11.8 Å². The molecule has 0 aliphatic rings. The van der Waals surface area contributed by atoms with E-state index in [0.29, 0.717) is 17.1 Å². The van der Waals surface area contributed by atoms with Gasteiger partial charge in [-0.15, -0.1) is 0 Å². The summed E-state index contributed by atoms with van der Waals surface area (Å²) in [5.74, 6) is 0. The first kappa shape index (κ1) is 18.0. The van der Waals surface area contributed by atoms with E-state index in [-0.39, 0.29) is 5.41 Å². The maximum atomic E-state index is 12.3. The standard InChI is InChI=1S/C19H27N3O2/c1-12-15(20)16(21-22(12)17(23)24-19(5,6)7)13-8-10-14(11-9-13)18(2,3)4/h8-11H,20H2,1-7H3. The Kier molecular flexibility index (Phi) is 4.48. The maximum Gasteiger partial charge on any atom is 0.435 e. The lowest BCUT2D eigenvalue weighted by atomic mass is 9.86. The SMILES string of the molecule is Cc1c(N)c(-c2ccc(C(C)(C)C)cc2)nn1C(=O)OC(C)(C)C. The highest BCUT2D eigenvalue weighted by Crippen LogP contribution is 2.30. The van der Waals surface area contributed by atoms with E-state index in [2.05, 4.69) is 38.0 Å². The van der Waals surface area contributed by atoms with Crippen LogP contribution in [-0.2, 0) is 10.2 Å². The number of carbonyl (C=O) groups is 1. The van der Waals surface area contributed by atoms with Crippen LogP contribution in [0.4, 0.5) is 10.5 Å². The number of benzene rings is 1. The lowest BCUT2D eigenvalue weighted by molar-refractivity contribution is 0.0511. The lowest BCUT2D eigenvalue weighted by Gasteiger charge is -2.19. The third-order valence-electron chi connectivity index (χ3n) is 3.75. The average Bonchev–Trinajstić information content (AvgIpc) is 2.73. The van der Waals surface area contributed by atoms with Crippen molar-refractivity contribution in [3.63, 3.8) is 0 Å². The Morgan fingerprint density at radius 1 is 1.08 bits per heavy atom. The van der Waals surface area contributed by atoms with Gasteiger partial charge in [0.1, 0.15) is 11.3 Å². The number of carbonyl (C=O) groups excluding carboxylic acids is 1. The monoisotopic (exact) mass is 329 g/mol. The minimum absolute atomic E-state index is 0.0792. The molecule has 0 spiro atoms. The number of hydrogen-bond acceptors (Lipinski definition) is 4. The Bertz CT molecular complexity index is 745. The van der Waals surface area contributed by atoms with Crippen LogP contribution in [0.1, 0.15) is 52.8 Å². The van der Waals surface area contributed by atoms with Crippen molar-refractivity contribution in [3.05, 3.63) is 35.5 Å². The van der Waals surface area contributed by atoms with Crippen molar-refractivity contribution in [1.82, 2.24) is 9.78 Å². The average molecular weight is 329 g/mol. The van der Waals surface area contributed by atoms with Crippen molar-refractivity contribution in [1.29, 1.82) is 0 Å². The Morgan fingerprint density at radius 3 is 2.08 bits per heavy atom. The van der Waals surface area contributed by atoms with Gasteiger partial charge in [-0.25, -0.2) is 4.79 Å². The molecule has 2 N–H and O–H groups in total. The molecule has 1 aromatic heterocycles. The van der Waals surface area contributed by atoms with Gasteiger partial charge in [-0.3, -0.25) is 0 Å². The van der Waals surface area contributed by atoms with Gasteiger partial charge in [0.2, 0.25) is 0 Å². The molecule has 5 heteroatoms. The summed E-state index contributed by atoms with van der Waals surface area (Å²) in [6.45, 7) is 13.7. The first-order valence-electron chi connectivity index (χ1n) is 8.09. The molecule has 2 rings (SSSR count). The predicted octanol–water partition coefficient (Wildman–Crippen LogP) is 4.52. The van der Waals surface area contributed by atoms with E-state index in [1.165, 1.54) is 10.2 Å². The van der Waals surface area contributed by atoms with Crippen molar-refractivity contribution in [2.24, 2.45) is 0 Å².